The highest BCUT2D eigenvalue weighted by Gasteiger charge is 2.95. The van der Waals surface area contributed by atoms with Gasteiger partial charge in [-0.2, -0.15) is 74.6 Å². The van der Waals surface area contributed by atoms with Crippen LogP contribution in [-0.4, -0.2) is 47.6 Å². The predicted molar refractivity (Wildman–Crippen MR) is 135 cm³/mol. The molecule has 0 radical (unpaired) electrons. The van der Waals surface area contributed by atoms with Gasteiger partial charge in [-0.25, -0.2) is 0 Å². The van der Waals surface area contributed by atoms with E-state index in [9.17, 15) is 79.2 Å². The molecule has 0 N–H and O–H groups in total. The monoisotopic (exact) mass is 724 g/mol. The van der Waals surface area contributed by atoms with Gasteiger partial charge in [0.25, 0.3) is 0 Å². The predicted octanol–water partition coefficient (Wildman–Crippen LogP) is 9.27. The number of halogens is 17. The van der Waals surface area contributed by atoms with Crippen LogP contribution in [-0.2, 0) is 11.0 Å². The van der Waals surface area contributed by atoms with Crippen molar-refractivity contribution in [3.05, 3.63) is 90.5 Å². The zero-order valence-corrected chi connectivity index (χ0v) is 23.7. The third kappa shape index (κ3) is 5.88. The standard InChI is InChI=1S/C28H18F17OP/c29-21(30,22(31,32)23(33,34)24(35,36)25(37,38)26(39,40)27(41,42)28(43,44)45)16-15-17-11-13-20(14-12-17)47(46,18-7-3-1-4-8-18)19-9-5-2-6-10-19/h1-14H,15-16H2. The van der Waals surface area contributed by atoms with Gasteiger partial charge in [0.15, 0.2) is 7.14 Å². The zero-order chi connectivity index (χ0) is 36.1. The molecule has 0 amide bonds. The zero-order valence-electron chi connectivity index (χ0n) is 22.8. The molecule has 0 saturated heterocycles. The van der Waals surface area contributed by atoms with E-state index in [2.05, 4.69) is 0 Å². The number of rotatable bonds is 12. The van der Waals surface area contributed by atoms with Crippen molar-refractivity contribution < 1.29 is 79.2 Å². The average Bonchev–Trinajstić information content (AvgIpc) is 2.99. The molecule has 0 aromatic heterocycles. The fourth-order valence-electron chi connectivity index (χ4n) is 4.25. The lowest BCUT2D eigenvalue weighted by Crippen LogP contribution is -2.74. The molecule has 0 aliphatic heterocycles. The Balaban J connectivity index is 1.92. The van der Waals surface area contributed by atoms with Crippen molar-refractivity contribution in [2.75, 3.05) is 0 Å². The molecule has 260 valence electrons. The lowest BCUT2D eigenvalue weighted by atomic mass is 9.87. The number of alkyl halides is 17. The summed E-state index contributed by atoms with van der Waals surface area (Å²) in [5, 5.41) is 0.605. The van der Waals surface area contributed by atoms with Gasteiger partial charge in [-0.15, -0.1) is 0 Å². The topological polar surface area (TPSA) is 17.1 Å². The molecule has 19 heteroatoms. The minimum atomic E-state index is -8.66. The van der Waals surface area contributed by atoms with E-state index >= 15 is 0 Å². The van der Waals surface area contributed by atoms with E-state index < -0.39 is 73.2 Å². The Morgan fingerprint density at radius 3 is 1.09 bits per heavy atom. The van der Waals surface area contributed by atoms with E-state index in [-0.39, 0.29) is 15.9 Å². The highest BCUT2D eigenvalue weighted by Crippen LogP contribution is 2.64. The molecular weight excluding hydrogens is 706 g/mol. The summed E-state index contributed by atoms with van der Waals surface area (Å²) in [6, 6.07) is 19.2. The highest BCUT2D eigenvalue weighted by atomic mass is 31.2. The summed E-state index contributed by atoms with van der Waals surface area (Å²) in [6.07, 6.45) is -11.8. The lowest BCUT2D eigenvalue weighted by molar-refractivity contribution is -0.461. The van der Waals surface area contributed by atoms with E-state index in [0.717, 1.165) is 24.3 Å². The Morgan fingerprint density at radius 2 is 0.723 bits per heavy atom. The summed E-state index contributed by atoms with van der Waals surface area (Å²) < 4.78 is 244. The summed E-state index contributed by atoms with van der Waals surface area (Å²) in [6.45, 7) is 0. The van der Waals surface area contributed by atoms with Crippen molar-refractivity contribution >= 4 is 23.1 Å². The van der Waals surface area contributed by atoms with E-state index in [0.29, 0.717) is 0 Å². The second-order valence-corrected chi connectivity index (χ2v) is 12.9. The van der Waals surface area contributed by atoms with Crippen LogP contribution in [0.5, 0.6) is 0 Å². The number of benzene rings is 3. The van der Waals surface area contributed by atoms with Crippen LogP contribution in [0.3, 0.4) is 0 Å². The maximum absolute atomic E-state index is 14.4. The second kappa shape index (κ2) is 12.0. The van der Waals surface area contributed by atoms with Gasteiger partial charge in [-0.05, 0) is 12.0 Å². The first-order chi connectivity index (χ1) is 21.1. The van der Waals surface area contributed by atoms with Crippen molar-refractivity contribution in [2.45, 2.75) is 60.5 Å². The summed E-state index contributed by atoms with van der Waals surface area (Å²) in [4.78, 5) is 0. The van der Waals surface area contributed by atoms with Crippen LogP contribution < -0.4 is 15.9 Å². The van der Waals surface area contributed by atoms with Crippen LogP contribution in [0.1, 0.15) is 12.0 Å². The molecule has 0 unspecified atom stereocenters. The first kappa shape index (κ1) is 38.2. The van der Waals surface area contributed by atoms with E-state index in [1.54, 1.807) is 36.4 Å². The Bertz CT molecular complexity index is 1520. The quantitative estimate of drug-likeness (QED) is 0.135. The molecule has 0 saturated carbocycles. The van der Waals surface area contributed by atoms with Crippen molar-refractivity contribution in [2.24, 2.45) is 0 Å². The molecule has 0 bridgehead atoms. The summed E-state index contributed by atoms with van der Waals surface area (Å²) in [7, 11) is -3.67. The SMILES string of the molecule is O=P(c1ccccc1)(c1ccccc1)c1ccc(CCC(F)(F)C(F)(F)C(F)(F)C(F)(F)C(F)(F)C(F)(F)C(F)(F)C(F)(F)F)cc1. The van der Waals surface area contributed by atoms with Crippen LogP contribution in [0.15, 0.2) is 84.9 Å². The van der Waals surface area contributed by atoms with Crippen LogP contribution >= 0.6 is 7.14 Å². The molecule has 0 spiro atoms. The second-order valence-electron chi connectivity index (χ2n) is 10.1. The maximum Gasteiger partial charge on any atom is 0.460 e. The summed E-state index contributed by atoms with van der Waals surface area (Å²) in [5.41, 5.74) is -0.436. The van der Waals surface area contributed by atoms with Crippen molar-refractivity contribution in [1.82, 2.24) is 0 Å². The molecule has 3 aromatic carbocycles. The number of aryl methyl sites for hydroxylation is 1. The van der Waals surface area contributed by atoms with Crippen LogP contribution in [0, 0.1) is 0 Å². The van der Waals surface area contributed by atoms with Crippen molar-refractivity contribution in [3.63, 3.8) is 0 Å². The molecule has 3 aromatic rings. The molecule has 3 rings (SSSR count). The van der Waals surface area contributed by atoms with Gasteiger partial charge in [0.1, 0.15) is 0 Å². The minimum Gasteiger partial charge on any atom is -0.309 e. The first-order valence-corrected chi connectivity index (χ1v) is 14.4. The van der Waals surface area contributed by atoms with Gasteiger partial charge in [-0.3, -0.25) is 0 Å². The average molecular weight is 724 g/mol. The van der Waals surface area contributed by atoms with Gasteiger partial charge in [-0.1, -0.05) is 84.9 Å². The molecule has 47 heavy (non-hydrogen) atoms. The summed E-state index contributed by atoms with van der Waals surface area (Å²) >= 11 is 0. The molecule has 0 fully saturated rings. The first-order valence-electron chi connectivity index (χ1n) is 12.7. The smallest absolute Gasteiger partial charge is 0.309 e. The van der Waals surface area contributed by atoms with Gasteiger partial charge in [0.05, 0.1) is 0 Å². The van der Waals surface area contributed by atoms with Crippen molar-refractivity contribution in [3.8, 4) is 0 Å². The lowest BCUT2D eigenvalue weighted by Gasteiger charge is -2.42. The van der Waals surface area contributed by atoms with Crippen LogP contribution in [0.4, 0.5) is 74.6 Å². The van der Waals surface area contributed by atoms with Crippen LogP contribution in [0.2, 0.25) is 0 Å². The van der Waals surface area contributed by atoms with E-state index in [1.165, 1.54) is 24.3 Å². The third-order valence-corrected chi connectivity index (χ3v) is 10.1. The summed E-state index contributed by atoms with van der Waals surface area (Å²) in [5.74, 6) is -56.6. The highest BCUT2D eigenvalue weighted by molar-refractivity contribution is 7.85. The minimum absolute atomic E-state index is 0.0423. The molecule has 0 aliphatic rings. The number of hydrogen-bond donors (Lipinski definition) is 0. The van der Waals surface area contributed by atoms with Gasteiger partial charge >= 0.3 is 47.6 Å². The van der Waals surface area contributed by atoms with Gasteiger partial charge in [0.2, 0.25) is 0 Å². The van der Waals surface area contributed by atoms with Crippen LogP contribution in [0.25, 0.3) is 0 Å². The number of hydrogen-bond acceptors (Lipinski definition) is 1. The van der Waals surface area contributed by atoms with Gasteiger partial charge in [0, 0.05) is 22.3 Å². The molecular formula is C28H18F17OP. The Kier molecular flexibility index (Phi) is 9.73. The molecule has 0 heterocycles. The van der Waals surface area contributed by atoms with Gasteiger partial charge < -0.3 is 4.57 Å². The fourth-order valence-corrected chi connectivity index (χ4v) is 6.90. The van der Waals surface area contributed by atoms with E-state index in [4.69, 9.17) is 0 Å². The van der Waals surface area contributed by atoms with E-state index in [1.807, 2.05) is 0 Å². The Morgan fingerprint density at radius 1 is 0.404 bits per heavy atom. The molecule has 0 aliphatic carbocycles. The molecule has 0 atom stereocenters. The Hall–Kier alpha value is -3.30. The maximum atomic E-state index is 14.4. The third-order valence-electron chi connectivity index (χ3n) is 7.05. The fraction of sp³-hybridized carbons (Fsp3) is 0.357. The largest absolute Gasteiger partial charge is 0.460 e. The normalized spacial score (nSPS) is 14.7. The van der Waals surface area contributed by atoms with Crippen molar-refractivity contribution in [1.29, 1.82) is 0 Å². The Labute approximate surface area is 253 Å². The molecule has 1 nitrogen and oxygen atoms in total.